The van der Waals surface area contributed by atoms with Crippen LogP contribution in [0, 0.1) is 17.2 Å². The van der Waals surface area contributed by atoms with Gasteiger partial charge in [0, 0.05) is 26.2 Å². The van der Waals surface area contributed by atoms with Crippen molar-refractivity contribution in [2.75, 3.05) is 31.1 Å². The van der Waals surface area contributed by atoms with Gasteiger partial charge < -0.3 is 14.5 Å². The quantitative estimate of drug-likeness (QED) is 0.788. The fourth-order valence-corrected chi connectivity index (χ4v) is 3.45. The van der Waals surface area contributed by atoms with Crippen molar-refractivity contribution in [2.45, 2.75) is 60.0 Å². The molecule has 1 saturated heterocycles. The van der Waals surface area contributed by atoms with E-state index in [0.29, 0.717) is 32.1 Å². The lowest BCUT2D eigenvalue weighted by atomic mass is 9.95. The molecule has 1 amide bonds. The fourth-order valence-electron chi connectivity index (χ4n) is 3.45. The van der Waals surface area contributed by atoms with E-state index in [4.69, 9.17) is 4.74 Å². The summed E-state index contributed by atoms with van der Waals surface area (Å²) < 4.78 is 5.48. The molecule has 0 spiro atoms. The molecule has 0 unspecified atom stereocenters. The second kappa shape index (κ2) is 8.65. The number of nitriles is 1. The number of benzene rings is 1. The second-order valence-corrected chi connectivity index (χ2v) is 8.67. The van der Waals surface area contributed by atoms with Crippen LogP contribution in [-0.2, 0) is 17.6 Å². The Morgan fingerprint density at radius 3 is 2.33 bits per heavy atom. The predicted octanol–water partition coefficient (Wildman–Crippen LogP) is 4.38. The van der Waals surface area contributed by atoms with Gasteiger partial charge >= 0.3 is 6.09 Å². The van der Waals surface area contributed by atoms with Gasteiger partial charge in [-0.05, 0) is 56.7 Å². The number of hydrogen-bond donors (Lipinski definition) is 0. The van der Waals surface area contributed by atoms with Crippen LogP contribution in [0.5, 0.6) is 0 Å². The number of carbonyl (C=O) groups is 1. The van der Waals surface area contributed by atoms with Crippen LogP contribution in [0.25, 0.3) is 0 Å². The summed E-state index contributed by atoms with van der Waals surface area (Å²) in [4.78, 5) is 16.3. The zero-order chi connectivity index (χ0) is 20.2. The molecule has 0 N–H and O–H groups in total. The molecule has 0 radical (unpaired) electrons. The number of aryl methyl sites for hydroxylation is 1. The Hall–Kier alpha value is -2.22. The van der Waals surface area contributed by atoms with E-state index in [1.807, 2.05) is 20.8 Å². The number of ether oxygens (including phenoxy) is 1. The van der Waals surface area contributed by atoms with Crippen LogP contribution >= 0.6 is 0 Å². The van der Waals surface area contributed by atoms with Crippen molar-refractivity contribution in [1.29, 1.82) is 5.26 Å². The molecule has 1 heterocycles. The van der Waals surface area contributed by atoms with Gasteiger partial charge in [0.2, 0.25) is 0 Å². The van der Waals surface area contributed by atoms with E-state index in [2.05, 4.69) is 43.9 Å². The van der Waals surface area contributed by atoms with Crippen LogP contribution in [-0.4, -0.2) is 42.8 Å². The van der Waals surface area contributed by atoms with Gasteiger partial charge in [0.15, 0.2) is 0 Å². The number of piperazine rings is 1. The van der Waals surface area contributed by atoms with Crippen molar-refractivity contribution in [1.82, 2.24) is 4.90 Å². The molecule has 0 aromatic heterocycles. The van der Waals surface area contributed by atoms with Crippen LogP contribution < -0.4 is 4.90 Å². The summed E-state index contributed by atoms with van der Waals surface area (Å²) in [6, 6.07) is 6.76. The van der Waals surface area contributed by atoms with E-state index in [1.165, 1.54) is 5.56 Å². The lowest BCUT2D eigenvalue weighted by Gasteiger charge is -2.37. The highest BCUT2D eigenvalue weighted by molar-refractivity contribution is 5.69. The summed E-state index contributed by atoms with van der Waals surface area (Å²) >= 11 is 0. The normalized spacial score (nSPS) is 15.0. The van der Waals surface area contributed by atoms with Gasteiger partial charge in [0.1, 0.15) is 11.7 Å². The van der Waals surface area contributed by atoms with Crippen LogP contribution in [0.1, 0.15) is 58.2 Å². The first kappa shape index (κ1) is 21.1. The molecule has 1 aromatic rings. The SMILES string of the molecule is CCc1cc(CC(C)C)cc(N2CCN(C(=O)OC(C)(C)C)CC2)c1C#N. The maximum absolute atomic E-state index is 12.3. The van der Waals surface area contributed by atoms with Crippen molar-refractivity contribution in [3.8, 4) is 6.07 Å². The first-order valence-corrected chi connectivity index (χ1v) is 9.93. The summed E-state index contributed by atoms with van der Waals surface area (Å²) in [5, 5.41) is 9.74. The Bertz CT molecular complexity index is 705. The molecule has 1 aliphatic heterocycles. The molecule has 27 heavy (non-hydrogen) atoms. The molecule has 1 aromatic carbocycles. The van der Waals surface area contributed by atoms with Gasteiger partial charge in [0.05, 0.1) is 11.3 Å². The number of nitrogens with zero attached hydrogens (tertiary/aromatic N) is 3. The van der Waals surface area contributed by atoms with Crippen molar-refractivity contribution in [3.63, 3.8) is 0 Å². The number of carbonyl (C=O) groups excluding carboxylic acids is 1. The molecule has 1 fully saturated rings. The van der Waals surface area contributed by atoms with Gasteiger partial charge in [-0.25, -0.2) is 4.79 Å². The van der Waals surface area contributed by atoms with Gasteiger partial charge in [-0.2, -0.15) is 5.26 Å². The number of anilines is 1. The number of hydrogen-bond acceptors (Lipinski definition) is 4. The molecular weight excluding hydrogens is 338 g/mol. The maximum atomic E-state index is 12.3. The topological polar surface area (TPSA) is 56.6 Å². The molecule has 0 saturated carbocycles. The van der Waals surface area contributed by atoms with Gasteiger partial charge in [-0.1, -0.05) is 26.8 Å². The van der Waals surface area contributed by atoms with Crippen LogP contribution in [0.3, 0.4) is 0 Å². The van der Waals surface area contributed by atoms with E-state index in [1.54, 1.807) is 4.90 Å². The van der Waals surface area contributed by atoms with E-state index < -0.39 is 5.60 Å². The van der Waals surface area contributed by atoms with Gasteiger partial charge in [-0.15, -0.1) is 0 Å². The summed E-state index contributed by atoms with van der Waals surface area (Å²) in [5.74, 6) is 0.569. The molecule has 0 aliphatic carbocycles. The Morgan fingerprint density at radius 1 is 1.22 bits per heavy atom. The molecule has 5 heteroatoms. The maximum Gasteiger partial charge on any atom is 0.410 e. The summed E-state index contributed by atoms with van der Waals surface area (Å²) in [6.07, 6.45) is 1.59. The highest BCUT2D eigenvalue weighted by Crippen LogP contribution is 2.28. The summed E-state index contributed by atoms with van der Waals surface area (Å²) in [5.41, 5.74) is 3.70. The number of rotatable bonds is 4. The van der Waals surface area contributed by atoms with Gasteiger partial charge in [0.25, 0.3) is 0 Å². The lowest BCUT2D eigenvalue weighted by molar-refractivity contribution is 0.0240. The van der Waals surface area contributed by atoms with Gasteiger partial charge in [-0.3, -0.25) is 0 Å². The monoisotopic (exact) mass is 371 g/mol. The number of amides is 1. The van der Waals surface area contributed by atoms with Crippen LogP contribution in [0.2, 0.25) is 0 Å². The predicted molar refractivity (Wildman–Crippen MR) is 109 cm³/mol. The highest BCUT2D eigenvalue weighted by atomic mass is 16.6. The van der Waals surface area contributed by atoms with Crippen molar-refractivity contribution in [3.05, 3.63) is 28.8 Å². The van der Waals surface area contributed by atoms with E-state index in [-0.39, 0.29) is 6.09 Å². The summed E-state index contributed by atoms with van der Waals surface area (Å²) in [6.45, 7) is 14.8. The van der Waals surface area contributed by atoms with Crippen LogP contribution in [0.15, 0.2) is 12.1 Å². The van der Waals surface area contributed by atoms with E-state index in [0.717, 1.165) is 29.7 Å². The molecule has 0 bridgehead atoms. The fraction of sp³-hybridized carbons (Fsp3) is 0.636. The molecule has 1 aliphatic rings. The first-order valence-electron chi connectivity index (χ1n) is 9.93. The second-order valence-electron chi connectivity index (χ2n) is 8.67. The molecule has 2 rings (SSSR count). The zero-order valence-electron chi connectivity index (χ0n) is 17.6. The standard InChI is InChI=1S/C22H33N3O2/c1-7-18-13-17(12-16(2)3)14-20(19(18)15-23)24-8-10-25(11-9-24)21(26)27-22(4,5)6/h13-14,16H,7-12H2,1-6H3. The Morgan fingerprint density at radius 2 is 1.85 bits per heavy atom. The van der Waals surface area contributed by atoms with Crippen molar-refractivity contribution < 1.29 is 9.53 Å². The third kappa shape index (κ3) is 5.63. The minimum Gasteiger partial charge on any atom is -0.444 e. The zero-order valence-corrected chi connectivity index (χ0v) is 17.6. The van der Waals surface area contributed by atoms with Crippen LogP contribution in [0.4, 0.5) is 10.5 Å². The first-order chi connectivity index (χ1) is 12.6. The lowest BCUT2D eigenvalue weighted by Crippen LogP contribution is -2.50. The molecule has 0 atom stereocenters. The Labute approximate surface area is 163 Å². The average Bonchev–Trinajstić information content (AvgIpc) is 2.59. The van der Waals surface area contributed by atoms with Crippen molar-refractivity contribution >= 4 is 11.8 Å². The largest absolute Gasteiger partial charge is 0.444 e. The Kier molecular flexibility index (Phi) is 6.75. The highest BCUT2D eigenvalue weighted by Gasteiger charge is 2.27. The third-order valence-corrected chi connectivity index (χ3v) is 4.67. The average molecular weight is 372 g/mol. The molecule has 5 nitrogen and oxygen atoms in total. The molecule has 148 valence electrons. The summed E-state index contributed by atoms with van der Waals surface area (Å²) in [7, 11) is 0. The van der Waals surface area contributed by atoms with E-state index >= 15 is 0 Å². The minimum absolute atomic E-state index is 0.259. The third-order valence-electron chi connectivity index (χ3n) is 4.67. The minimum atomic E-state index is -0.483. The Balaban J connectivity index is 2.19. The smallest absolute Gasteiger partial charge is 0.410 e. The van der Waals surface area contributed by atoms with E-state index in [9.17, 15) is 10.1 Å². The molecular formula is C22H33N3O2. The van der Waals surface area contributed by atoms with Crippen molar-refractivity contribution in [2.24, 2.45) is 5.92 Å².